The summed E-state index contributed by atoms with van der Waals surface area (Å²) in [5.41, 5.74) is -0.345. The van der Waals surface area contributed by atoms with Crippen molar-refractivity contribution in [3.8, 4) is 0 Å². The Morgan fingerprint density at radius 1 is 1.25 bits per heavy atom. The summed E-state index contributed by atoms with van der Waals surface area (Å²) in [5, 5.41) is 6.47. The average molecular weight is 226 g/mol. The summed E-state index contributed by atoms with van der Waals surface area (Å²) >= 11 is 0. The fraction of sp³-hybridized carbons (Fsp3) is 0.917. The van der Waals surface area contributed by atoms with Crippen LogP contribution in [0.1, 0.15) is 33.1 Å². The molecule has 1 atom stereocenters. The molecule has 0 radical (unpaired) electrons. The Balaban J connectivity index is 1.96. The van der Waals surface area contributed by atoms with Gasteiger partial charge in [-0.05, 0) is 39.3 Å². The number of carbonyl (C=O) groups excluding carboxylic acids is 1. The number of piperidine rings is 1. The normalized spacial score (nSPS) is 33.6. The highest BCUT2D eigenvalue weighted by Gasteiger charge is 2.39. The lowest BCUT2D eigenvalue weighted by Crippen LogP contribution is -2.54. The predicted molar refractivity (Wildman–Crippen MR) is 62.2 cm³/mol. The lowest BCUT2D eigenvalue weighted by atomic mass is 9.79. The highest BCUT2D eigenvalue weighted by atomic mass is 16.5. The van der Waals surface area contributed by atoms with Crippen LogP contribution in [-0.4, -0.2) is 37.7 Å². The Morgan fingerprint density at radius 3 is 2.50 bits per heavy atom. The molecule has 4 nitrogen and oxygen atoms in total. The van der Waals surface area contributed by atoms with Gasteiger partial charge >= 0.3 is 0 Å². The SMILES string of the molecule is CC1(NC(=O)C2(C)CCNCC2)CCOC1. The van der Waals surface area contributed by atoms with Crippen LogP contribution < -0.4 is 10.6 Å². The molecule has 0 aromatic rings. The Kier molecular flexibility index (Phi) is 3.22. The van der Waals surface area contributed by atoms with E-state index in [1.165, 1.54) is 0 Å². The second-order valence-corrected chi connectivity index (χ2v) is 5.63. The molecule has 0 aromatic heterocycles. The van der Waals surface area contributed by atoms with E-state index in [4.69, 9.17) is 4.74 Å². The molecule has 2 aliphatic rings. The van der Waals surface area contributed by atoms with Crippen LogP contribution in [0.2, 0.25) is 0 Å². The first kappa shape index (κ1) is 11.9. The molecule has 0 saturated carbocycles. The second kappa shape index (κ2) is 4.34. The third kappa shape index (κ3) is 2.38. The van der Waals surface area contributed by atoms with Gasteiger partial charge in [-0.25, -0.2) is 0 Å². The summed E-state index contributed by atoms with van der Waals surface area (Å²) in [6.07, 6.45) is 2.78. The maximum absolute atomic E-state index is 12.3. The number of hydrogen-bond acceptors (Lipinski definition) is 3. The Bertz CT molecular complexity index is 266. The highest BCUT2D eigenvalue weighted by Crippen LogP contribution is 2.30. The molecule has 1 amide bonds. The van der Waals surface area contributed by atoms with Crippen LogP contribution in [0.5, 0.6) is 0 Å². The quantitative estimate of drug-likeness (QED) is 0.727. The lowest BCUT2D eigenvalue weighted by Gasteiger charge is -2.36. The molecule has 16 heavy (non-hydrogen) atoms. The summed E-state index contributed by atoms with van der Waals surface area (Å²) in [7, 11) is 0. The van der Waals surface area contributed by atoms with Crippen molar-refractivity contribution in [2.45, 2.75) is 38.6 Å². The van der Waals surface area contributed by atoms with Crippen LogP contribution in [0.15, 0.2) is 0 Å². The molecular formula is C12H22N2O2. The second-order valence-electron chi connectivity index (χ2n) is 5.63. The van der Waals surface area contributed by atoms with Crippen LogP contribution in [0.3, 0.4) is 0 Å². The molecule has 2 fully saturated rings. The van der Waals surface area contributed by atoms with E-state index in [0.717, 1.165) is 39.0 Å². The molecule has 2 rings (SSSR count). The molecule has 0 aliphatic carbocycles. The van der Waals surface area contributed by atoms with Crippen molar-refractivity contribution in [3.05, 3.63) is 0 Å². The molecule has 92 valence electrons. The summed E-state index contributed by atoms with van der Waals surface area (Å²) in [6, 6.07) is 0. The van der Waals surface area contributed by atoms with Crippen LogP contribution in [0.4, 0.5) is 0 Å². The molecule has 0 bridgehead atoms. The third-order valence-electron chi connectivity index (χ3n) is 3.89. The Hall–Kier alpha value is -0.610. The smallest absolute Gasteiger partial charge is 0.226 e. The zero-order valence-corrected chi connectivity index (χ0v) is 10.3. The van der Waals surface area contributed by atoms with Gasteiger partial charge in [-0.15, -0.1) is 0 Å². The van der Waals surface area contributed by atoms with Crippen LogP contribution in [0, 0.1) is 5.41 Å². The first-order valence-electron chi connectivity index (χ1n) is 6.15. The number of hydrogen-bond donors (Lipinski definition) is 2. The van der Waals surface area contributed by atoms with E-state index >= 15 is 0 Å². The maximum Gasteiger partial charge on any atom is 0.226 e. The standard InChI is InChI=1S/C12H22N2O2/c1-11(3-6-13-7-4-11)10(15)14-12(2)5-8-16-9-12/h13H,3-9H2,1-2H3,(H,14,15). The Labute approximate surface area is 97.1 Å². The maximum atomic E-state index is 12.3. The number of rotatable bonds is 2. The van der Waals surface area contributed by atoms with Gasteiger partial charge in [0.25, 0.3) is 0 Å². The monoisotopic (exact) mass is 226 g/mol. The first-order chi connectivity index (χ1) is 7.54. The van der Waals surface area contributed by atoms with Gasteiger partial charge in [0, 0.05) is 12.0 Å². The van der Waals surface area contributed by atoms with Crippen molar-refractivity contribution < 1.29 is 9.53 Å². The fourth-order valence-electron chi connectivity index (χ4n) is 2.40. The largest absolute Gasteiger partial charge is 0.379 e. The van der Waals surface area contributed by atoms with E-state index in [2.05, 4.69) is 24.5 Å². The van der Waals surface area contributed by atoms with Gasteiger partial charge in [0.2, 0.25) is 5.91 Å². The minimum absolute atomic E-state index is 0.148. The molecule has 2 heterocycles. The zero-order valence-electron chi connectivity index (χ0n) is 10.3. The summed E-state index contributed by atoms with van der Waals surface area (Å²) in [6.45, 7) is 7.43. The van der Waals surface area contributed by atoms with Crippen molar-refractivity contribution in [3.63, 3.8) is 0 Å². The van der Waals surface area contributed by atoms with Crippen LogP contribution in [-0.2, 0) is 9.53 Å². The van der Waals surface area contributed by atoms with Gasteiger partial charge in [0.15, 0.2) is 0 Å². The van der Waals surface area contributed by atoms with Gasteiger partial charge in [-0.2, -0.15) is 0 Å². The van der Waals surface area contributed by atoms with E-state index in [9.17, 15) is 4.79 Å². The zero-order chi connectivity index (χ0) is 11.6. The van der Waals surface area contributed by atoms with Crippen molar-refractivity contribution in [2.24, 2.45) is 5.41 Å². The fourth-order valence-corrected chi connectivity index (χ4v) is 2.40. The van der Waals surface area contributed by atoms with Crippen molar-refractivity contribution >= 4 is 5.91 Å². The van der Waals surface area contributed by atoms with E-state index < -0.39 is 0 Å². The number of ether oxygens (including phenoxy) is 1. The van der Waals surface area contributed by atoms with E-state index in [1.807, 2.05) is 0 Å². The van der Waals surface area contributed by atoms with E-state index in [0.29, 0.717) is 6.61 Å². The summed E-state index contributed by atoms with van der Waals surface area (Å²) < 4.78 is 5.35. The Morgan fingerprint density at radius 2 is 1.94 bits per heavy atom. The number of carbonyl (C=O) groups is 1. The van der Waals surface area contributed by atoms with Gasteiger partial charge in [0.05, 0.1) is 12.1 Å². The minimum Gasteiger partial charge on any atom is -0.379 e. The average Bonchev–Trinajstić information content (AvgIpc) is 2.66. The molecule has 1 unspecified atom stereocenters. The summed E-state index contributed by atoms with van der Waals surface area (Å²) in [4.78, 5) is 12.3. The minimum atomic E-state index is -0.198. The molecule has 2 N–H and O–H groups in total. The van der Waals surface area contributed by atoms with Gasteiger partial charge in [-0.3, -0.25) is 4.79 Å². The van der Waals surface area contributed by atoms with E-state index in [-0.39, 0.29) is 16.9 Å². The molecule has 2 aliphatic heterocycles. The van der Waals surface area contributed by atoms with Crippen LogP contribution >= 0.6 is 0 Å². The van der Waals surface area contributed by atoms with Gasteiger partial charge < -0.3 is 15.4 Å². The van der Waals surface area contributed by atoms with Gasteiger partial charge in [-0.1, -0.05) is 6.92 Å². The van der Waals surface area contributed by atoms with E-state index in [1.54, 1.807) is 0 Å². The molecule has 2 saturated heterocycles. The third-order valence-corrected chi connectivity index (χ3v) is 3.89. The first-order valence-corrected chi connectivity index (χ1v) is 6.15. The van der Waals surface area contributed by atoms with Crippen molar-refractivity contribution in [2.75, 3.05) is 26.3 Å². The highest BCUT2D eigenvalue weighted by molar-refractivity contribution is 5.83. The number of nitrogens with one attached hydrogen (secondary N) is 2. The lowest BCUT2D eigenvalue weighted by molar-refractivity contribution is -0.133. The molecule has 4 heteroatoms. The molecule has 0 aromatic carbocycles. The van der Waals surface area contributed by atoms with Gasteiger partial charge in [0.1, 0.15) is 0 Å². The molecule has 0 spiro atoms. The topological polar surface area (TPSA) is 50.4 Å². The predicted octanol–water partition coefficient (Wildman–Crippen LogP) is 0.671. The molecular weight excluding hydrogens is 204 g/mol. The van der Waals surface area contributed by atoms with Crippen molar-refractivity contribution in [1.29, 1.82) is 0 Å². The summed E-state index contributed by atoms with van der Waals surface area (Å²) in [5.74, 6) is 0.196. The van der Waals surface area contributed by atoms with Crippen LogP contribution in [0.25, 0.3) is 0 Å². The number of amides is 1. The van der Waals surface area contributed by atoms with Crippen molar-refractivity contribution in [1.82, 2.24) is 10.6 Å².